The summed E-state index contributed by atoms with van der Waals surface area (Å²) in [7, 11) is 0. The summed E-state index contributed by atoms with van der Waals surface area (Å²) in [5.74, 6) is 0.385. The van der Waals surface area contributed by atoms with Crippen molar-refractivity contribution in [2.45, 2.75) is 116 Å². The molecule has 7 heteroatoms. The Hall–Kier alpha value is -1.57. The van der Waals surface area contributed by atoms with Gasteiger partial charge < -0.3 is 9.64 Å². The first-order valence-corrected chi connectivity index (χ1v) is 17.8. The van der Waals surface area contributed by atoms with E-state index >= 15 is 0 Å². The van der Waals surface area contributed by atoms with Gasteiger partial charge in [0, 0.05) is 41.8 Å². The Morgan fingerprint density at radius 1 is 0.682 bits per heavy atom. The van der Waals surface area contributed by atoms with E-state index in [2.05, 4.69) is 114 Å². The number of ether oxygens (including phenoxy) is 1. The van der Waals surface area contributed by atoms with Crippen molar-refractivity contribution in [1.29, 1.82) is 0 Å². The van der Waals surface area contributed by atoms with Crippen molar-refractivity contribution < 1.29 is 19.1 Å². The number of amides is 1. The molecule has 2 spiro atoms. The summed E-state index contributed by atoms with van der Waals surface area (Å²) in [4.78, 5) is 43.7. The number of thioether (sulfide) groups is 2. The van der Waals surface area contributed by atoms with Crippen molar-refractivity contribution in [1.82, 2.24) is 4.90 Å². The van der Waals surface area contributed by atoms with Gasteiger partial charge in [-0.2, -0.15) is 0 Å². The van der Waals surface area contributed by atoms with E-state index in [0.717, 1.165) is 22.3 Å². The van der Waals surface area contributed by atoms with Crippen LogP contribution in [0.2, 0.25) is 0 Å². The van der Waals surface area contributed by atoms with E-state index in [9.17, 15) is 14.4 Å². The van der Waals surface area contributed by atoms with Gasteiger partial charge >= 0.3 is 0 Å². The van der Waals surface area contributed by atoms with Gasteiger partial charge in [0.1, 0.15) is 0 Å². The predicted molar refractivity (Wildman–Crippen MR) is 186 cm³/mol. The van der Waals surface area contributed by atoms with Crippen LogP contribution in [0, 0.1) is 21.7 Å². The number of allylic oxidation sites excluding steroid dienone is 4. The number of Topliss-reactive ketones (excluding diaryl/α,β-unsaturated/α-hetero) is 2. The van der Waals surface area contributed by atoms with Crippen LogP contribution in [0.25, 0.3) is 0 Å². The molecular formula is C37H55NO4S2. The third-order valence-electron chi connectivity index (χ3n) is 9.18. The molecular weight excluding hydrogens is 587 g/mol. The number of fused-ring (bicyclic) bond motifs is 1. The molecule has 0 radical (unpaired) electrons. The lowest BCUT2D eigenvalue weighted by Gasteiger charge is -2.46. The minimum absolute atomic E-state index is 0.111. The Balaban J connectivity index is 1.99. The molecule has 0 bridgehead atoms. The molecule has 0 aromatic heterocycles. The zero-order chi connectivity index (χ0) is 33.3. The lowest BCUT2D eigenvalue weighted by atomic mass is 9.65. The second kappa shape index (κ2) is 11.3. The standard InChI is InChI=1S/C37H55NO4S2/c1-31(2,3)24-20-36(21-25(29(24)40)32(4,5)6)37(22-26(33(7,8)9)30(41)27(23-37)34(10,11)12)44-35(13,43-36)15-14-28(39)38-16-18-42-19-17-38/h20-23H,14-19H2,1-13H3. The lowest BCUT2D eigenvalue weighted by Crippen LogP contribution is -2.48. The summed E-state index contributed by atoms with van der Waals surface area (Å²) >= 11 is 3.72. The van der Waals surface area contributed by atoms with E-state index in [0.29, 0.717) is 39.1 Å². The number of hydrogen-bond donors (Lipinski definition) is 0. The Morgan fingerprint density at radius 3 is 1.30 bits per heavy atom. The lowest BCUT2D eigenvalue weighted by molar-refractivity contribution is -0.135. The first-order chi connectivity index (χ1) is 19.8. The summed E-state index contributed by atoms with van der Waals surface area (Å²) in [5, 5.41) is 0. The zero-order valence-electron chi connectivity index (χ0n) is 29.4. The molecule has 44 heavy (non-hydrogen) atoms. The minimum atomic E-state index is -0.638. The van der Waals surface area contributed by atoms with Crippen molar-refractivity contribution in [3.05, 3.63) is 46.6 Å². The molecule has 0 aromatic carbocycles. The highest BCUT2D eigenvalue weighted by Crippen LogP contribution is 2.71. The van der Waals surface area contributed by atoms with Crippen LogP contribution in [0.5, 0.6) is 0 Å². The van der Waals surface area contributed by atoms with Gasteiger partial charge in [-0.15, -0.1) is 23.5 Å². The molecule has 2 saturated heterocycles. The van der Waals surface area contributed by atoms with E-state index in [4.69, 9.17) is 4.74 Å². The molecule has 1 amide bonds. The number of rotatable bonds is 3. The van der Waals surface area contributed by atoms with Crippen LogP contribution in [0.15, 0.2) is 46.6 Å². The number of ketones is 2. The van der Waals surface area contributed by atoms with E-state index in [1.54, 1.807) is 0 Å². The first kappa shape index (κ1) is 35.3. The molecule has 5 nitrogen and oxygen atoms in total. The summed E-state index contributed by atoms with van der Waals surface area (Å²) in [6.07, 6.45) is 10.1. The van der Waals surface area contributed by atoms with Crippen LogP contribution in [0.1, 0.15) is 103 Å². The van der Waals surface area contributed by atoms with Crippen LogP contribution in [0.3, 0.4) is 0 Å². The molecule has 244 valence electrons. The Kier molecular flexibility index (Phi) is 9.06. The van der Waals surface area contributed by atoms with Crippen LogP contribution in [-0.2, 0) is 19.1 Å². The summed E-state index contributed by atoms with van der Waals surface area (Å²) in [6, 6.07) is 0. The van der Waals surface area contributed by atoms with Crippen molar-refractivity contribution in [2.24, 2.45) is 21.7 Å². The first-order valence-electron chi connectivity index (χ1n) is 16.1. The molecule has 0 unspecified atom stereocenters. The summed E-state index contributed by atoms with van der Waals surface area (Å²) in [6.45, 7) is 30.1. The van der Waals surface area contributed by atoms with Gasteiger partial charge in [-0.05, 0) is 35.0 Å². The molecule has 4 rings (SSSR count). The van der Waals surface area contributed by atoms with Gasteiger partial charge in [-0.3, -0.25) is 14.4 Å². The predicted octanol–water partition coefficient (Wildman–Crippen LogP) is 8.35. The van der Waals surface area contributed by atoms with Gasteiger partial charge in [-0.25, -0.2) is 0 Å². The Bertz CT molecular complexity index is 1190. The number of hydrogen-bond acceptors (Lipinski definition) is 6. The van der Waals surface area contributed by atoms with Crippen molar-refractivity contribution in [2.75, 3.05) is 26.3 Å². The van der Waals surface area contributed by atoms with Crippen LogP contribution < -0.4 is 0 Å². The second-order valence-electron chi connectivity index (χ2n) is 17.3. The number of carbonyl (C=O) groups excluding carboxylic acids is 3. The molecule has 2 heterocycles. The summed E-state index contributed by atoms with van der Waals surface area (Å²) < 4.78 is 3.85. The van der Waals surface area contributed by atoms with Gasteiger partial charge in [0.05, 0.1) is 26.8 Å². The topological polar surface area (TPSA) is 63.7 Å². The maximum Gasteiger partial charge on any atom is 0.222 e. The fourth-order valence-corrected chi connectivity index (χ4v) is 10.9. The maximum absolute atomic E-state index is 14.2. The molecule has 4 aliphatic rings. The second-order valence-corrected chi connectivity index (χ2v) is 21.1. The summed E-state index contributed by atoms with van der Waals surface area (Å²) in [5.41, 5.74) is 1.79. The number of nitrogens with zero attached hydrogens (tertiary/aromatic N) is 1. The van der Waals surface area contributed by atoms with Crippen LogP contribution in [-0.4, -0.2) is 62.2 Å². The van der Waals surface area contributed by atoms with Crippen LogP contribution in [0.4, 0.5) is 0 Å². The number of carbonyl (C=O) groups is 3. The smallest absolute Gasteiger partial charge is 0.222 e. The molecule has 2 aliphatic carbocycles. The molecule has 0 atom stereocenters. The maximum atomic E-state index is 14.2. The molecule has 2 fully saturated rings. The largest absolute Gasteiger partial charge is 0.378 e. The van der Waals surface area contributed by atoms with E-state index in [1.165, 1.54) is 0 Å². The third-order valence-corrected chi connectivity index (χ3v) is 12.9. The van der Waals surface area contributed by atoms with Gasteiger partial charge in [0.15, 0.2) is 11.6 Å². The van der Waals surface area contributed by atoms with E-state index < -0.39 is 9.49 Å². The molecule has 2 aliphatic heterocycles. The zero-order valence-corrected chi connectivity index (χ0v) is 31.1. The van der Waals surface area contributed by atoms with Crippen molar-refractivity contribution in [3.8, 4) is 0 Å². The Morgan fingerprint density at radius 2 is 1.00 bits per heavy atom. The minimum Gasteiger partial charge on any atom is -0.378 e. The van der Waals surface area contributed by atoms with Gasteiger partial charge in [0.2, 0.25) is 5.91 Å². The van der Waals surface area contributed by atoms with Gasteiger partial charge in [0.25, 0.3) is 0 Å². The van der Waals surface area contributed by atoms with E-state index in [-0.39, 0.29) is 43.2 Å². The van der Waals surface area contributed by atoms with Crippen LogP contribution >= 0.6 is 23.5 Å². The van der Waals surface area contributed by atoms with Crippen molar-refractivity contribution >= 4 is 41.0 Å². The molecule has 0 N–H and O–H groups in total. The Labute approximate surface area is 275 Å². The highest BCUT2D eigenvalue weighted by atomic mass is 32.2. The SMILES string of the molecule is CC1(CCC(=O)N2CCOCC2)SC2(C=C(C(C)(C)C)C(=O)C(C(C)(C)C)=C2)C2(C=C(C(C)(C)C)C(=O)C(C(C)(C)C)=C2)S1. The third kappa shape index (κ3) is 6.62. The van der Waals surface area contributed by atoms with E-state index in [1.807, 2.05) is 28.4 Å². The molecule has 0 saturated carbocycles. The number of morpholine rings is 1. The quantitative estimate of drug-likeness (QED) is 0.309. The average molecular weight is 642 g/mol. The monoisotopic (exact) mass is 641 g/mol. The normalized spacial score (nSPS) is 23.9. The highest BCUT2D eigenvalue weighted by molar-refractivity contribution is 8.23. The molecule has 0 aromatic rings. The highest BCUT2D eigenvalue weighted by Gasteiger charge is 2.64. The average Bonchev–Trinajstić information content (AvgIpc) is 3.10. The fourth-order valence-electron chi connectivity index (χ4n) is 6.59. The van der Waals surface area contributed by atoms with Gasteiger partial charge in [-0.1, -0.05) is 107 Å². The van der Waals surface area contributed by atoms with Crippen molar-refractivity contribution in [3.63, 3.8) is 0 Å². The fraction of sp³-hybridized carbons (Fsp3) is 0.703.